The number of fused-ring (bicyclic) bond motifs is 3. The summed E-state index contributed by atoms with van der Waals surface area (Å²) in [5.41, 5.74) is 15.6. The van der Waals surface area contributed by atoms with Gasteiger partial charge in [-0.1, -0.05) is 55.0 Å². The Kier molecular flexibility index (Phi) is 5.96. The second kappa shape index (κ2) is 9.06. The number of aromatic nitrogens is 3. The van der Waals surface area contributed by atoms with E-state index in [-0.39, 0.29) is 11.8 Å². The van der Waals surface area contributed by atoms with Crippen LogP contribution in [0.25, 0.3) is 21.9 Å². The second-order valence-electron chi connectivity index (χ2n) is 9.28. The average molecular weight is 458 g/mol. The van der Waals surface area contributed by atoms with Crippen LogP contribution in [0.15, 0.2) is 54.6 Å². The number of carbonyl (C=O) groups is 1. The molecule has 0 spiro atoms. The van der Waals surface area contributed by atoms with Gasteiger partial charge in [0, 0.05) is 25.5 Å². The van der Waals surface area contributed by atoms with Crippen LogP contribution in [0.1, 0.15) is 43.0 Å². The summed E-state index contributed by atoms with van der Waals surface area (Å²) in [5.74, 6) is 1.44. The number of methoxy groups -OCH3 is 1. The Bertz CT molecular complexity index is 1330. The average Bonchev–Trinajstić information content (AvgIpc) is 3.48. The molecule has 176 valence electrons. The molecule has 2 heterocycles. The first-order valence-electron chi connectivity index (χ1n) is 11.9. The number of unbranched alkanes of at least 4 members (excludes halogenated alkanes) is 1. The standard InChI is InChI=1S/C27H31N5O2/c1-34-16-13-22-31-23-24(19-11-5-6-12-21(19)30-25(23)28)32(22)15-8-7-14-27(26(29)33)17-20(27)18-9-3-2-4-10-18/h2-6,9-12,20H,7-8,13-17H2,1H3,(H2,28,30)(H2,29,33). The molecule has 1 aliphatic carbocycles. The highest BCUT2D eigenvalue weighted by Gasteiger charge is 2.58. The molecule has 2 atom stereocenters. The minimum absolute atomic E-state index is 0.181. The molecule has 7 nitrogen and oxygen atoms in total. The summed E-state index contributed by atoms with van der Waals surface area (Å²) in [6.45, 7) is 1.37. The van der Waals surface area contributed by atoms with Gasteiger partial charge in [-0.3, -0.25) is 4.79 Å². The number of rotatable bonds is 10. The molecule has 4 aromatic rings. The van der Waals surface area contributed by atoms with Crippen molar-refractivity contribution in [3.8, 4) is 0 Å². The number of pyridine rings is 1. The number of primary amides is 1. The van der Waals surface area contributed by atoms with Crippen LogP contribution in [0.2, 0.25) is 0 Å². The highest BCUT2D eigenvalue weighted by atomic mass is 16.5. The van der Waals surface area contributed by atoms with E-state index in [2.05, 4.69) is 27.8 Å². The molecule has 0 radical (unpaired) electrons. The first-order valence-corrected chi connectivity index (χ1v) is 11.9. The van der Waals surface area contributed by atoms with E-state index < -0.39 is 5.41 Å². The van der Waals surface area contributed by atoms with E-state index in [0.717, 1.165) is 60.0 Å². The molecule has 2 unspecified atom stereocenters. The smallest absolute Gasteiger partial charge is 0.224 e. The minimum Gasteiger partial charge on any atom is -0.384 e. The van der Waals surface area contributed by atoms with E-state index in [4.69, 9.17) is 21.2 Å². The van der Waals surface area contributed by atoms with E-state index in [1.165, 1.54) is 5.56 Å². The van der Waals surface area contributed by atoms with Crippen LogP contribution >= 0.6 is 0 Å². The van der Waals surface area contributed by atoms with Crippen LogP contribution < -0.4 is 11.5 Å². The first kappa shape index (κ1) is 22.3. The quantitative estimate of drug-likeness (QED) is 0.347. The summed E-state index contributed by atoms with van der Waals surface area (Å²) < 4.78 is 7.58. The van der Waals surface area contributed by atoms with Crippen molar-refractivity contribution in [1.82, 2.24) is 14.5 Å². The lowest BCUT2D eigenvalue weighted by Gasteiger charge is -2.15. The zero-order valence-electron chi connectivity index (χ0n) is 19.5. The molecule has 1 amide bonds. The van der Waals surface area contributed by atoms with Crippen molar-refractivity contribution in [2.75, 3.05) is 19.5 Å². The van der Waals surface area contributed by atoms with Crippen LogP contribution in [0, 0.1) is 5.41 Å². The number of hydrogen-bond donors (Lipinski definition) is 2. The Labute approximate surface area is 199 Å². The number of hydrogen-bond acceptors (Lipinski definition) is 5. The van der Waals surface area contributed by atoms with E-state index in [9.17, 15) is 4.79 Å². The van der Waals surface area contributed by atoms with E-state index in [1.54, 1.807) is 7.11 Å². The van der Waals surface area contributed by atoms with E-state index in [0.29, 0.717) is 18.8 Å². The zero-order valence-corrected chi connectivity index (χ0v) is 19.5. The van der Waals surface area contributed by atoms with Crippen LogP contribution in [0.5, 0.6) is 0 Å². The second-order valence-corrected chi connectivity index (χ2v) is 9.28. The summed E-state index contributed by atoms with van der Waals surface area (Å²) in [7, 11) is 1.69. The number of anilines is 1. The number of para-hydroxylation sites is 1. The lowest BCUT2D eigenvalue weighted by atomic mass is 9.92. The molecule has 5 rings (SSSR count). The predicted molar refractivity (Wildman–Crippen MR) is 134 cm³/mol. The fourth-order valence-electron chi connectivity index (χ4n) is 5.34. The fourth-order valence-corrected chi connectivity index (χ4v) is 5.34. The Hall–Kier alpha value is -3.45. The van der Waals surface area contributed by atoms with Gasteiger partial charge in [0.25, 0.3) is 0 Å². The zero-order chi connectivity index (χ0) is 23.7. The van der Waals surface area contributed by atoms with Crippen molar-refractivity contribution in [2.24, 2.45) is 11.1 Å². The number of ether oxygens (including phenoxy) is 1. The Morgan fingerprint density at radius 2 is 1.88 bits per heavy atom. The van der Waals surface area contributed by atoms with Gasteiger partial charge >= 0.3 is 0 Å². The highest BCUT2D eigenvalue weighted by molar-refractivity contribution is 6.06. The number of imidazole rings is 1. The lowest BCUT2D eigenvalue weighted by Crippen LogP contribution is -2.26. The maximum absolute atomic E-state index is 12.4. The molecule has 1 saturated carbocycles. The van der Waals surface area contributed by atoms with Gasteiger partial charge in [0.2, 0.25) is 5.91 Å². The van der Waals surface area contributed by atoms with Gasteiger partial charge < -0.3 is 20.8 Å². The molecular weight excluding hydrogens is 426 g/mol. The van der Waals surface area contributed by atoms with Gasteiger partial charge in [0.05, 0.1) is 23.1 Å². The van der Waals surface area contributed by atoms with Crippen LogP contribution in [0.4, 0.5) is 5.82 Å². The summed E-state index contributed by atoms with van der Waals surface area (Å²) in [6, 6.07) is 18.3. The van der Waals surface area contributed by atoms with Crippen LogP contribution in [0.3, 0.4) is 0 Å². The minimum atomic E-state index is -0.418. The molecule has 1 aliphatic rings. The third-order valence-corrected chi connectivity index (χ3v) is 7.24. The van der Waals surface area contributed by atoms with Crippen LogP contribution in [-0.4, -0.2) is 34.2 Å². The van der Waals surface area contributed by atoms with Gasteiger partial charge in [0.1, 0.15) is 11.3 Å². The third kappa shape index (κ3) is 3.90. The van der Waals surface area contributed by atoms with Gasteiger partial charge in [0.15, 0.2) is 5.82 Å². The number of benzene rings is 2. The molecule has 0 bridgehead atoms. The van der Waals surface area contributed by atoms with Crippen molar-refractivity contribution in [2.45, 2.75) is 44.6 Å². The molecular formula is C27H31N5O2. The highest BCUT2D eigenvalue weighted by Crippen LogP contribution is 2.62. The normalized spacial score (nSPS) is 19.6. The topological polar surface area (TPSA) is 109 Å². The van der Waals surface area contributed by atoms with Crippen molar-refractivity contribution in [3.05, 3.63) is 66.0 Å². The van der Waals surface area contributed by atoms with Crippen molar-refractivity contribution in [3.63, 3.8) is 0 Å². The number of amides is 1. The molecule has 4 N–H and O–H groups in total. The Balaban J connectivity index is 1.38. The van der Waals surface area contributed by atoms with Crippen molar-refractivity contribution in [1.29, 1.82) is 0 Å². The number of nitrogens with zero attached hydrogens (tertiary/aromatic N) is 3. The maximum atomic E-state index is 12.4. The van der Waals surface area contributed by atoms with Gasteiger partial charge in [-0.05, 0) is 36.8 Å². The summed E-state index contributed by atoms with van der Waals surface area (Å²) in [5, 5.41) is 1.04. The Morgan fingerprint density at radius 3 is 2.65 bits per heavy atom. The molecule has 7 heteroatoms. The van der Waals surface area contributed by atoms with Gasteiger partial charge in [-0.25, -0.2) is 9.97 Å². The summed E-state index contributed by atoms with van der Waals surface area (Å²) in [6.07, 6.45) is 4.16. The summed E-state index contributed by atoms with van der Waals surface area (Å²) >= 11 is 0. The summed E-state index contributed by atoms with van der Waals surface area (Å²) in [4.78, 5) is 21.8. The molecule has 2 aromatic carbocycles. The number of nitrogen functional groups attached to an aromatic ring is 1. The largest absolute Gasteiger partial charge is 0.384 e. The SMILES string of the molecule is COCCc1nc2c(N)nc3ccccc3c2n1CCCCC1(C(N)=O)CC1c1ccccc1. The first-order chi connectivity index (χ1) is 16.5. The fraction of sp³-hybridized carbons (Fsp3) is 0.370. The number of carbonyl (C=O) groups excluding carboxylic acids is 1. The third-order valence-electron chi connectivity index (χ3n) is 7.24. The molecule has 0 saturated heterocycles. The van der Waals surface area contributed by atoms with Crippen molar-refractivity contribution >= 4 is 33.7 Å². The molecule has 0 aliphatic heterocycles. The van der Waals surface area contributed by atoms with Gasteiger partial charge in [-0.2, -0.15) is 0 Å². The van der Waals surface area contributed by atoms with Crippen LogP contribution in [-0.2, 0) is 22.5 Å². The lowest BCUT2D eigenvalue weighted by molar-refractivity contribution is -0.123. The predicted octanol–water partition coefficient (Wildman–Crippen LogP) is 4.19. The monoisotopic (exact) mass is 457 g/mol. The van der Waals surface area contributed by atoms with E-state index in [1.807, 2.05) is 36.4 Å². The number of aryl methyl sites for hydroxylation is 1. The maximum Gasteiger partial charge on any atom is 0.224 e. The molecule has 2 aromatic heterocycles. The van der Waals surface area contributed by atoms with E-state index >= 15 is 0 Å². The van der Waals surface area contributed by atoms with Gasteiger partial charge in [-0.15, -0.1) is 0 Å². The van der Waals surface area contributed by atoms with Crippen molar-refractivity contribution < 1.29 is 9.53 Å². The molecule has 34 heavy (non-hydrogen) atoms. The Morgan fingerprint density at radius 1 is 1.12 bits per heavy atom. The number of nitrogens with two attached hydrogens (primary N) is 2. The molecule has 1 fully saturated rings.